The minimum atomic E-state index is -1.07. The summed E-state index contributed by atoms with van der Waals surface area (Å²) in [5, 5.41) is 21.5. The van der Waals surface area contributed by atoms with Gasteiger partial charge in [0.15, 0.2) is 0 Å². The smallest absolute Gasteiger partial charge is 0.335 e. The van der Waals surface area contributed by atoms with Crippen LogP contribution in [0.5, 0.6) is 0 Å². The maximum absolute atomic E-state index is 13.5. The largest absolute Gasteiger partial charge is 0.480 e. The van der Waals surface area contributed by atoms with Crippen molar-refractivity contribution >= 4 is 23.8 Å². The Bertz CT molecular complexity index is 1350. The van der Waals surface area contributed by atoms with Crippen molar-refractivity contribution < 1.29 is 29.0 Å². The van der Waals surface area contributed by atoms with E-state index in [1.807, 2.05) is 0 Å². The average molecular weight is 510 g/mol. The number of benzene rings is 2. The van der Waals surface area contributed by atoms with Gasteiger partial charge in [-0.15, -0.1) is 0 Å². The topological polar surface area (TPSA) is 159 Å². The Morgan fingerprint density at radius 2 is 1.78 bits per heavy atom. The molecule has 0 fully saturated rings. The minimum absolute atomic E-state index is 0.00548. The maximum Gasteiger partial charge on any atom is 0.335 e. The number of hydrogen-bond donors (Lipinski definition) is 4. The molecule has 37 heavy (non-hydrogen) atoms. The number of anilines is 1. The molecule has 2 aromatic carbocycles. The highest BCUT2D eigenvalue weighted by Crippen LogP contribution is 2.24. The van der Waals surface area contributed by atoms with E-state index in [0.717, 1.165) is 5.56 Å². The normalized spacial score (nSPS) is 11.8. The van der Waals surface area contributed by atoms with E-state index in [4.69, 9.17) is 5.73 Å². The number of nitrogen functional groups attached to an aromatic ring is 1. The summed E-state index contributed by atoms with van der Waals surface area (Å²) in [6.07, 6.45) is 0. The number of carboxylic acid groups (broad SMARTS) is 2. The molecule has 1 aromatic heterocycles. The standard InChI is InChI=1S/C26H28FN5O5/c1-14-9-18(5-6-20(14)25(36)37)16(3)32(13-23(33)34)12-19-10-22(31-26(28)30-19)24(35)29-11-17-4-7-21(27)15(2)8-17/h4-10,16H,11-13H2,1-3H3,(H,29,35)(H,33,34)(H,36,37)(H2,28,30,31)/t16-/m1/s1. The van der Waals surface area contributed by atoms with Crippen LogP contribution in [0.2, 0.25) is 0 Å². The van der Waals surface area contributed by atoms with Crippen molar-refractivity contribution in [1.29, 1.82) is 0 Å². The van der Waals surface area contributed by atoms with Crippen LogP contribution in [0.3, 0.4) is 0 Å². The molecule has 0 radical (unpaired) electrons. The summed E-state index contributed by atoms with van der Waals surface area (Å²) in [6, 6.07) is 10.4. The fourth-order valence-electron chi connectivity index (χ4n) is 3.91. The summed E-state index contributed by atoms with van der Waals surface area (Å²) < 4.78 is 13.5. The molecule has 194 valence electrons. The highest BCUT2D eigenvalue weighted by atomic mass is 19.1. The van der Waals surface area contributed by atoms with Crippen molar-refractivity contribution in [3.05, 3.63) is 87.5 Å². The number of halogens is 1. The van der Waals surface area contributed by atoms with E-state index in [9.17, 15) is 29.0 Å². The zero-order valence-electron chi connectivity index (χ0n) is 20.7. The molecule has 10 nitrogen and oxygen atoms in total. The van der Waals surface area contributed by atoms with Gasteiger partial charge in [-0.05, 0) is 61.2 Å². The number of hydrogen-bond acceptors (Lipinski definition) is 7. The molecule has 0 unspecified atom stereocenters. The molecule has 0 bridgehead atoms. The van der Waals surface area contributed by atoms with Crippen LogP contribution in [0.25, 0.3) is 0 Å². The van der Waals surface area contributed by atoms with Crippen LogP contribution >= 0.6 is 0 Å². The van der Waals surface area contributed by atoms with E-state index < -0.39 is 23.9 Å². The number of aromatic carboxylic acids is 1. The van der Waals surface area contributed by atoms with Crippen molar-refractivity contribution in [3.8, 4) is 0 Å². The summed E-state index contributed by atoms with van der Waals surface area (Å²) in [5.74, 6) is -3.12. The number of nitrogens with one attached hydrogen (secondary N) is 1. The molecule has 0 spiro atoms. The summed E-state index contributed by atoms with van der Waals surface area (Å²) in [4.78, 5) is 45.4. The van der Waals surface area contributed by atoms with Gasteiger partial charge in [0.2, 0.25) is 5.95 Å². The Balaban J connectivity index is 1.80. The molecule has 11 heteroatoms. The molecule has 1 heterocycles. The second kappa shape index (κ2) is 11.6. The van der Waals surface area contributed by atoms with Gasteiger partial charge < -0.3 is 21.3 Å². The Labute approximate surface area is 213 Å². The molecule has 3 aromatic rings. The first kappa shape index (κ1) is 27.2. The molecule has 0 saturated heterocycles. The lowest BCUT2D eigenvalue weighted by molar-refractivity contribution is -0.139. The highest BCUT2D eigenvalue weighted by Gasteiger charge is 2.22. The van der Waals surface area contributed by atoms with E-state index in [1.165, 1.54) is 18.2 Å². The molecule has 0 aliphatic rings. The van der Waals surface area contributed by atoms with Crippen LogP contribution in [0.1, 0.15) is 61.8 Å². The van der Waals surface area contributed by atoms with Gasteiger partial charge in [0.1, 0.15) is 11.5 Å². The summed E-state index contributed by atoms with van der Waals surface area (Å²) in [5.41, 5.74) is 8.78. The van der Waals surface area contributed by atoms with E-state index in [0.29, 0.717) is 22.4 Å². The number of amides is 1. The number of aromatic nitrogens is 2. The number of carbonyl (C=O) groups excluding carboxylic acids is 1. The third-order valence-electron chi connectivity index (χ3n) is 5.92. The zero-order valence-corrected chi connectivity index (χ0v) is 20.7. The van der Waals surface area contributed by atoms with Crippen LogP contribution in [0, 0.1) is 19.7 Å². The Morgan fingerprint density at radius 1 is 1.05 bits per heavy atom. The average Bonchev–Trinajstić information content (AvgIpc) is 2.82. The second-order valence-corrected chi connectivity index (χ2v) is 8.72. The Hall–Kier alpha value is -4.38. The Morgan fingerprint density at radius 3 is 2.41 bits per heavy atom. The third-order valence-corrected chi connectivity index (χ3v) is 5.92. The predicted octanol–water partition coefficient (Wildman–Crippen LogP) is 3.09. The monoisotopic (exact) mass is 509 g/mol. The Kier molecular flexibility index (Phi) is 8.51. The summed E-state index contributed by atoms with van der Waals surface area (Å²) in [7, 11) is 0. The molecule has 3 rings (SSSR count). The lowest BCUT2D eigenvalue weighted by Crippen LogP contribution is -2.33. The van der Waals surface area contributed by atoms with Gasteiger partial charge >= 0.3 is 11.9 Å². The minimum Gasteiger partial charge on any atom is -0.480 e. The van der Waals surface area contributed by atoms with Gasteiger partial charge in [-0.25, -0.2) is 19.2 Å². The lowest BCUT2D eigenvalue weighted by Gasteiger charge is -2.28. The van der Waals surface area contributed by atoms with Gasteiger partial charge in [-0.3, -0.25) is 14.5 Å². The number of carbonyl (C=O) groups is 3. The third kappa shape index (κ3) is 7.07. The molecule has 0 aliphatic heterocycles. The van der Waals surface area contributed by atoms with Crippen LogP contribution in [-0.4, -0.2) is 49.5 Å². The molecular weight excluding hydrogens is 481 g/mol. The molecule has 5 N–H and O–H groups in total. The van der Waals surface area contributed by atoms with Crippen molar-refractivity contribution in [2.24, 2.45) is 0 Å². The van der Waals surface area contributed by atoms with Crippen LogP contribution in [-0.2, 0) is 17.9 Å². The van der Waals surface area contributed by atoms with Crippen molar-refractivity contribution in [1.82, 2.24) is 20.2 Å². The molecular formula is C26H28FN5O5. The van der Waals surface area contributed by atoms with E-state index in [-0.39, 0.29) is 42.7 Å². The first-order valence-electron chi connectivity index (χ1n) is 11.4. The van der Waals surface area contributed by atoms with Gasteiger partial charge in [-0.1, -0.05) is 24.3 Å². The van der Waals surface area contributed by atoms with E-state index in [1.54, 1.807) is 49.9 Å². The first-order chi connectivity index (χ1) is 17.4. The number of carboxylic acids is 2. The first-order valence-corrected chi connectivity index (χ1v) is 11.4. The number of aryl methyl sites for hydroxylation is 2. The molecule has 1 amide bonds. The highest BCUT2D eigenvalue weighted by molar-refractivity contribution is 5.92. The fraction of sp³-hybridized carbons (Fsp3) is 0.269. The van der Waals surface area contributed by atoms with Crippen molar-refractivity contribution in [2.75, 3.05) is 12.3 Å². The van der Waals surface area contributed by atoms with Crippen LogP contribution in [0.4, 0.5) is 10.3 Å². The van der Waals surface area contributed by atoms with E-state index >= 15 is 0 Å². The maximum atomic E-state index is 13.5. The van der Waals surface area contributed by atoms with Crippen LogP contribution < -0.4 is 11.1 Å². The van der Waals surface area contributed by atoms with Gasteiger partial charge in [0, 0.05) is 19.1 Å². The summed E-state index contributed by atoms with van der Waals surface area (Å²) >= 11 is 0. The fourth-order valence-corrected chi connectivity index (χ4v) is 3.91. The SMILES string of the molecule is Cc1cc(CNC(=O)c2cc(CN(CC(=O)O)[C@H](C)c3ccc(C(=O)O)c(C)c3)nc(N)n2)ccc1F. The number of aliphatic carboxylic acids is 1. The second-order valence-electron chi connectivity index (χ2n) is 8.72. The van der Waals surface area contributed by atoms with Gasteiger partial charge in [0.05, 0.1) is 17.8 Å². The number of nitrogens with zero attached hydrogens (tertiary/aromatic N) is 3. The molecule has 1 atom stereocenters. The van der Waals surface area contributed by atoms with Crippen LogP contribution in [0.15, 0.2) is 42.5 Å². The molecule has 0 aliphatic carbocycles. The zero-order chi connectivity index (χ0) is 27.3. The van der Waals surface area contributed by atoms with Gasteiger partial charge in [0.25, 0.3) is 5.91 Å². The lowest BCUT2D eigenvalue weighted by atomic mass is 10.00. The van der Waals surface area contributed by atoms with Crippen molar-refractivity contribution in [2.45, 2.75) is 39.9 Å². The quantitative estimate of drug-likeness (QED) is 0.322. The number of rotatable bonds is 10. The van der Waals surface area contributed by atoms with E-state index in [2.05, 4.69) is 15.3 Å². The predicted molar refractivity (Wildman–Crippen MR) is 133 cm³/mol. The van der Waals surface area contributed by atoms with Gasteiger partial charge in [-0.2, -0.15) is 0 Å². The summed E-state index contributed by atoms with van der Waals surface area (Å²) in [6.45, 7) is 4.94. The molecule has 0 saturated carbocycles. The van der Waals surface area contributed by atoms with Crippen molar-refractivity contribution in [3.63, 3.8) is 0 Å². The number of nitrogens with two attached hydrogens (primary N) is 1.